The molecule has 0 aliphatic rings. The first-order valence-electron chi connectivity index (χ1n) is 7.16. The molecule has 0 aromatic carbocycles. The van der Waals surface area contributed by atoms with E-state index in [1.165, 1.54) is 7.11 Å². The van der Waals surface area contributed by atoms with Crippen LogP contribution in [-0.4, -0.2) is 30.1 Å². The maximum atomic E-state index is 11.7. The zero-order valence-electron chi connectivity index (χ0n) is 13.8. The Balaban J connectivity index is 2.63. The molecule has 126 valence electrons. The number of nitrogen functional groups attached to an aromatic ring is 1. The number of anilines is 1. The molecule has 0 fully saturated rings. The Morgan fingerprint density at radius 2 is 2.09 bits per heavy atom. The van der Waals surface area contributed by atoms with Crippen LogP contribution in [0, 0.1) is 5.41 Å². The molecular formula is C16H23N3O4. The van der Waals surface area contributed by atoms with Crippen LogP contribution in [0.2, 0.25) is 0 Å². The third-order valence-electron chi connectivity index (χ3n) is 2.86. The third-order valence-corrected chi connectivity index (χ3v) is 2.86. The number of esters is 1. The minimum atomic E-state index is -0.795. The second-order valence-corrected chi connectivity index (χ2v) is 5.99. The van der Waals surface area contributed by atoms with Crippen LogP contribution >= 0.6 is 0 Å². The van der Waals surface area contributed by atoms with Crippen LogP contribution in [0.4, 0.5) is 5.69 Å². The number of nitrogens with one attached hydrogen (secondary N) is 1. The van der Waals surface area contributed by atoms with Gasteiger partial charge in [0.2, 0.25) is 0 Å². The van der Waals surface area contributed by atoms with Crippen molar-refractivity contribution in [2.75, 3.05) is 12.8 Å². The van der Waals surface area contributed by atoms with Gasteiger partial charge >= 0.3 is 11.9 Å². The third kappa shape index (κ3) is 6.48. The molecule has 0 spiro atoms. The van der Waals surface area contributed by atoms with E-state index in [0.717, 1.165) is 0 Å². The molecule has 7 nitrogen and oxygen atoms in total. The van der Waals surface area contributed by atoms with Crippen LogP contribution in [0.3, 0.4) is 0 Å². The molecule has 3 N–H and O–H groups in total. The summed E-state index contributed by atoms with van der Waals surface area (Å²) in [4.78, 5) is 32.5. The largest absolute Gasteiger partial charge is 0.468 e. The molecule has 0 amide bonds. The summed E-state index contributed by atoms with van der Waals surface area (Å²) in [7, 11) is 1.27. The van der Waals surface area contributed by atoms with E-state index in [1.807, 2.05) is 0 Å². The lowest BCUT2D eigenvalue weighted by Crippen LogP contribution is -2.41. The standard InChI is InChI=1S/C16H23N3O4/c1-16(2,3)15(21)23-19-13(14(20)22-4)7-5-6-12-9-8-11(17)10-18-12/h5-6,8-10,13,19H,7,17H2,1-4H3/t13-/m0/s1. The average Bonchev–Trinajstić information content (AvgIpc) is 2.50. The number of ether oxygens (including phenoxy) is 1. The quantitative estimate of drug-likeness (QED) is 0.607. The van der Waals surface area contributed by atoms with Crippen LogP contribution in [0.5, 0.6) is 0 Å². The Bertz CT molecular complexity index is 562. The lowest BCUT2D eigenvalue weighted by Gasteiger charge is -2.19. The van der Waals surface area contributed by atoms with E-state index >= 15 is 0 Å². The molecule has 1 atom stereocenters. The summed E-state index contributed by atoms with van der Waals surface area (Å²) < 4.78 is 4.69. The Kier molecular flexibility index (Phi) is 6.71. The maximum absolute atomic E-state index is 11.7. The van der Waals surface area contributed by atoms with Gasteiger partial charge < -0.3 is 15.3 Å². The summed E-state index contributed by atoms with van der Waals surface area (Å²) in [6.07, 6.45) is 5.29. The van der Waals surface area contributed by atoms with Crippen molar-refractivity contribution in [2.24, 2.45) is 5.41 Å². The molecule has 7 heteroatoms. The molecule has 0 bridgehead atoms. The monoisotopic (exact) mass is 321 g/mol. The minimum absolute atomic E-state index is 0.274. The van der Waals surface area contributed by atoms with Gasteiger partial charge in [-0.2, -0.15) is 0 Å². The highest BCUT2D eigenvalue weighted by Crippen LogP contribution is 2.14. The van der Waals surface area contributed by atoms with Crippen LogP contribution in [0.1, 0.15) is 32.9 Å². The number of hydrogen-bond acceptors (Lipinski definition) is 7. The van der Waals surface area contributed by atoms with Gasteiger partial charge in [-0.25, -0.2) is 4.79 Å². The van der Waals surface area contributed by atoms with Crippen LogP contribution in [0.25, 0.3) is 6.08 Å². The predicted molar refractivity (Wildman–Crippen MR) is 86.8 cm³/mol. The summed E-state index contributed by atoms with van der Waals surface area (Å²) in [5.41, 5.74) is 8.62. The van der Waals surface area contributed by atoms with E-state index in [4.69, 9.17) is 10.6 Å². The first kappa shape index (κ1) is 18.6. The van der Waals surface area contributed by atoms with E-state index < -0.39 is 23.4 Å². The van der Waals surface area contributed by atoms with Crippen molar-refractivity contribution in [1.29, 1.82) is 0 Å². The number of aromatic nitrogens is 1. The zero-order valence-corrected chi connectivity index (χ0v) is 13.8. The number of carbonyl (C=O) groups excluding carboxylic acids is 2. The van der Waals surface area contributed by atoms with Gasteiger partial charge in [-0.15, -0.1) is 5.48 Å². The fourth-order valence-corrected chi connectivity index (χ4v) is 1.45. The smallest absolute Gasteiger partial charge is 0.330 e. The molecule has 0 aliphatic carbocycles. The van der Waals surface area contributed by atoms with Crippen molar-refractivity contribution < 1.29 is 19.2 Å². The molecule has 1 aromatic heterocycles. The number of nitrogens with zero attached hydrogens (tertiary/aromatic N) is 1. The van der Waals surface area contributed by atoms with Gasteiger partial charge in [0.25, 0.3) is 0 Å². The molecule has 23 heavy (non-hydrogen) atoms. The summed E-state index contributed by atoms with van der Waals surface area (Å²) in [5, 5.41) is 0. The number of hydroxylamine groups is 1. The van der Waals surface area contributed by atoms with Crippen LogP contribution in [0.15, 0.2) is 24.4 Å². The van der Waals surface area contributed by atoms with Gasteiger partial charge in [-0.1, -0.05) is 6.08 Å². The molecular weight excluding hydrogens is 298 g/mol. The van der Waals surface area contributed by atoms with Gasteiger partial charge in [0, 0.05) is 0 Å². The topological polar surface area (TPSA) is 104 Å². The zero-order chi connectivity index (χ0) is 17.5. The molecule has 1 heterocycles. The van der Waals surface area contributed by atoms with Crippen molar-refractivity contribution in [2.45, 2.75) is 33.2 Å². The lowest BCUT2D eigenvalue weighted by atomic mass is 9.98. The maximum Gasteiger partial charge on any atom is 0.330 e. The highest BCUT2D eigenvalue weighted by atomic mass is 16.7. The van der Waals surface area contributed by atoms with Crippen LogP contribution in [-0.2, 0) is 19.2 Å². The Hall–Kier alpha value is -2.41. The fraction of sp³-hybridized carbons (Fsp3) is 0.438. The lowest BCUT2D eigenvalue weighted by molar-refractivity contribution is -0.166. The second-order valence-electron chi connectivity index (χ2n) is 5.99. The normalized spacial score (nSPS) is 12.9. The number of hydrogen-bond donors (Lipinski definition) is 2. The first-order chi connectivity index (χ1) is 10.7. The Labute approximate surface area is 135 Å². The molecule has 0 radical (unpaired) electrons. The van der Waals surface area contributed by atoms with Crippen molar-refractivity contribution in [3.05, 3.63) is 30.1 Å². The van der Waals surface area contributed by atoms with Crippen LogP contribution < -0.4 is 11.2 Å². The molecule has 0 saturated carbocycles. The molecule has 0 aliphatic heterocycles. The highest BCUT2D eigenvalue weighted by Gasteiger charge is 2.26. The molecule has 1 rings (SSSR count). The van der Waals surface area contributed by atoms with Gasteiger partial charge in [0.1, 0.15) is 6.04 Å². The number of carbonyl (C=O) groups is 2. The fourth-order valence-electron chi connectivity index (χ4n) is 1.45. The van der Waals surface area contributed by atoms with Gasteiger partial charge in [-0.3, -0.25) is 9.78 Å². The van der Waals surface area contributed by atoms with Gasteiger partial charge in [-0.05, 0) is 45.4 Å². The van der Waals surface area contributed by atoms with E-state index in [-0.39, 0.29) is 6.42 Å². The SMILES string of the molecule is COC(=O)[C@H](CC=Cc1ccc(N)cn1)NOC(=O)C(C)(C)C. The Morgan fingerprint density at radius 3 is 2.61 bits per heavy atom. The number of pyridine rings is 1. The van der Waals surface area contributed by atoms with Crippen molar-refractivity contribution in [3.8, 4) is 0 Å². The summed E-state index contributed by atoms with van der Waals surface area (Å²) in [6.45, 7) is 5.16. The number of methoxy groups -OCH3 is 1. The number of nitrogens with two attached hydrogens (primary N) is 1. The van der Waals surface area contributed by atoms with E-state index in [9.17, 15) is 9.59 Å². The molecule has 1 aromatic rings. The minimum Gasteiger partial charge on any atom is -0.468 e. The first-order valence-corrected chi connectivity index (χ1v) is 7.16. The number of rotatable bonds is 6. The summed E-state index contributed by atoms with van der Waals surface area (Å²) >= 11 is 0. The average molecular weight is 321 g/mol. The Morgan fingerprint density at radius 1 is 1.39 bits per heavy atom. The second kappa shape index (κ2) is 8.28. The van der Waals surface area contributed by atoms with E-state index in [1.54, 1.807) is 51.3 Å². The van der Waals surface area contributed by atoms with Crippen molar-refractivity contribution in [1.82, 2.24) is 10.5 Å². The van der Waals surface area contributed by atoms with Crippen molar-refractivity contribution in [3.63, 3.8) is 0 Å². The summed E-state index contributed by atoms with van der Waals surface area (Å²) in [6, 6.07) is 2.69. The molecule has 0 unspecified atom stereocenters. The van der Waals surface area contributed by atoms with E-state index in [2.05, 4.69) is 15.2 Å². The van der Waals surface area contributed by atoms with Gasteiger partial charge in [0.15, 0.2) is 0 Å². The summed E-state index contributed by atoms with van der Waals surface area (Å²) in [5.74, 6) is -0.989. The van der Waals surface area contributed by atoms with E-state index in [0.29, 0.717) is 11.4 Å². The van der Waals surface area contributed by atoms with Crippen molar-refractivity contribution >= 4 is 23.7 Å². The molecule has 0 saturated heterocycles. The highest BCUT2D eigenvalue weighted by molar-refractivity contribution is 5.77. The predicted octanol–water partition coefficient (Wildman–Crippen LogP) is 1.70. The van der Waals surface area contributed by atoms with Gasteiger partial charge in [0.05, 0.1) is 30.1 Å².